The highest BCUT2D eigenvalue weighted by Crippen LogP contribution is 2.34. The topological polar surface area (TPSA) is 80.9 Å². The molecule has 1 aromatic heterocycles. The fourth-order valence-corrected chi connectivity index (χ4v) is 2.67. The summed E-state index contributed by atoms with van der Waals surface area (Å²) in [6.45, 7) is 2.05. The van der Waals surface area contributed by atoms with E-state index in [1.807, 2.05) is 6.92 Å². The second-order valence-corrected chi connectivity index (χ2v) is 5.91. The molecule has 0 spiro atoms. The number of amides is 1. The van der Waals surface area contributed by atoms with Gasteiger partial charge in [0.2, 0.25) is 11.0 Å². The Morgan fingerprint density at radius 3 is 2.88 bits per heavy atom. The molecule has 3 N–H and O–H groups in total. The summed E-state index contributed by atoms with van der Waals surface area (Å²) in [5.41, 5.74) is 5.09. The molecule has 0 aliphatic heterocycles. The van der Waals surface area contributed by atoms with Crippen LogP contribution in [0.3, 0.4) is 0 Å². The highest BCUT2D eigenvalue weighted by atomic mass is 35.5. The summed E-state index contributed by atoms with van der Waals surface area (Å²) in [5, 5.41) is 11.0. The van der Waals surface area contributed by atoms with Crippen LogP contribution in [0.15, 0.2) is 4.34 Å². The summed E-state index contributed by atoms with van der Waals surface area (Å²) in [6.07, 6.45) is 1.52. The van der Waals surface area contributed by atoms with Crippen molar-refractivity contribution in [2.75, 3.05) is 11.1 Å². The van der Waals surface area contributed by atoms with Gasteiger partial charge in [-0.1, -0.05) is 30.0 Å². The van der Waals surface area contributed by atoms with Crippen molar-refractivity contribution in [3.8, 4) is 0 Å². The molecule has 1 aliphatic carbocycles. The molecule has 1 aromatic rings. The van der Waals surface area contributed by atoms with Crippen LogP contribution in [0.4, 0.5) is 5.13 Å². The maximum absolute atomic E-state index is 11.6. The number of anilines is 1. The Kier molecular flexibility index (Phi) is 4.54. The fourth-order valence-electron chi connectivity index (χ4n) is 1.03. The zero-order chi connectivity index (χ0) is 10.9. The minimum absolute atomic E-state index is 0. The van der Waals surface area contributed by atoms with Gasteiger partial charge in [0.1, 0.15) is 0 Å². The Morgan fingerprint density at radius 1 is 1.62 bits per heavy atom. The van der Waals surface area contributed by atoms with E-state index in [4.69, 9.17) is 5.73 Å². The average Bonchev–Trinajstić information content (AvgIpc) is 2.79. The van der Waals surface area contributed by atoms with E-state index in [0.717, 1.165) is 22.9 Å². The van der Waals surface area contributed by atoms with Gasteiger partial charge in [0.25, 0.3) is 0 Å². The molecule has 0 radical (unpaired) electrons. The summed E-state index contributed by atoms with van der Waals surface area (Å²) in [6, 6.07) is 0. The van der Waals surface area contributed by atoms with Gasteiger partial charge in [0.15, 0.2) is 4.34 Å². The number of thioether (sulfide) groups is 1. The lowest BCUT2D eigenvalue weighted by Gasteiger charge is -2.05. The van der Waals surface area contributed by atoms with E-state index in [-0.39, 0.29) is 18.3 Å². The molecular weight excluding hydrogens is 268 g/mol. The van der Waals surface area contributed by atoms with Gasteiger partial charge in [-0.2, -0.15) is 0 Å². The van der Waals surface area contributed by atoms with Gasteiger partial charge in [-0.3, -0.25) is 10.1 Å². The smallest absolute Gasteiger partial charge is 0.246 e. The fraction of sp³-hybridized carbons (Fsp3) is 0.625. The molecule has 0 atom stereocenters. The molecule has 1 fully saturated rings. The second kappa shape index (κ2) is 5.31. The molecule has 0 unspecified atom stereocenters. The summed E-state index contributed by atoms with van der Waals surface area (Å²) in [4.78, 5) is 11.6. The van der Waals surface area contributed by atoms with Gasteiger partial charge in [-0.15, -0.1) is 22.6 Å². The summed E-state index contributed by atoms with van der Waals surface area (Å²) in [7, 11) is 0. The van der Waals surface area contributed by atoms with E-state index in [9.17, 15) is 4.79 Å². The second-order valence-electron chi connectivity index (χ2n) is 3.42. The first-order valence-electron chi connectivity index (χ1n) is 4.71. The van der Waals surface area contributed by atoms with Gasteiger partial charge in [-0.25, -0.2) is 0 Å². The molecule has 5 nitrogen and oxygen atoms in total. The first kappa shape index (κ1) is 13.7. The van der Waals surface area contributed by atoms with Crippen LogP contribution in [0.1, 0.15) is 19.8 Å². The molecule has 1 saturated carbocycles. The number of nitrogens with two attached hydrogens (primary N) is 1. The number of nitrogens with zero attached hydrogens (tertiary/aromatic N) is 2. The molecule has 0 aromatic carbocycles. The van der Waals surface area contributed by atoms with Gasteiger partial charge >= 0.3 is 0 Å². The largest absolute Gasteiger partial charge is 0.317 e. The zero-order valence-electron chi connectivity index (χ0n) is 8.73. The van der Waals surface area contributed by atoms with E-state index >= 15 is 0 Å². The molecule has 0 bridgehead atoms. The van der Waals surface area contributed by atoms with Crippen LogP contribution in [0, 0.1) is 0 Å². The quantitative estimate of drug-likeness (QED) is 0.645. The molecule has 90 valence electrons. The number of aromatic nitrogens is 2. The third-order valence-corrected chi connectivity index (χ3v) is 3.99. The van der Waals surface area contributed by atoms with Crippen molar-refractivity contribution in [1.29, 1.82) is 0 Å². The average molecular weight is 281 g/mol. The van der Waals surface area contributed by atoms with E-state index in [0.29, 0.717) is 5.13 Å². The van der Waals surface area contributed by atoms with Crippen LogP contribution < -0.4 is 11.1 Å². The number of carbonyl (C=O) groups excluding carboxylic acids is 1. The summed E-state index contributed by atoms with van der Waals surface area (Å²) in [5.74, 6) is 0.801. The predicted molar refractivity (Wildman–Crippen MR) is 68.3 cm³/mol. The normalized spacial score (nSPS) is 16.4. The molecular formula is C8H13ClN4OS2. The summed E-state index contributed by atoms with van der Waals surface area (Å²) < 4.78 is 0.870. The van der Waals surface area contributed by atoms with Crippen LogP contribution in [-0.4, -0.2) is 27.4 Å². The number of carbonyl (C=O) groups is 1. The molecule has 16 heavy (non-hydrogen) atoms. The van der Waals surface area contributed by atoms with E-state index in [2.05, 4.69) is 15.5 Å². The highest BCUT2D eigenvalue weighted by Gasteiger charge is 2.46. The van der Waals surface area contributed by atoms with Crippen molar-refractivity contribution < 1.29 is 4.79 Å². The molecule has 2 rings (SSSR count). The van der Waals surface area contributed by atoms with Gasteiger partial charge in [0.05, 0.1) is 5.54 Å². The number of halogens is 1. The monoisotopic (exact) mass is 280 g/mol. The predicted octanol–water partition coefficient (Wildman–Crippen LogP) is 1.50. The zero-order valence-corrected chi connectivity index (χ0v) is 11.2. The maximum atomic E-state index is 11.6. The van der Waals surface area contributed by atoms with Crippen LogP contribution in [-0.2, 0) is 4.79 Å². The Morgan fingerprint density at radius 2 is 2.31 bits per heavy atom. The van der Waals surface area contributed by atoms with Crippen molar-refractivity contribution in [2.45, 2.75) is 29.6 Å². The summed E-state index contributed by atoms with van der Waals surface area (Å²) >= 11 is 2.99. The SMILES string of the molecule is CCSc1nnc(NC(=O)C2(N)CC2)s1.Cl. The standard InChI is InChI=1S/C8H12N4OS2.ClH/c1-2-14-7-12-11-6(15-7)10-5(13)8(9)3-4-8;/h2-4,9H2,1H3,(H,10,11,13);1H. The lowest BCUT2D eigenvalue weighted by Crippen LogP contribution is -2.37. The Hall–Kier alpha value is -0.370. The van der Waals surface area contributed by atoms with E-state index in [1.165, 1.54) is 11.3 Å². The number of nitrogens with one attached hydrogen (secondary N) is 1. The van der Waals surface area contributed by atoms with Gasteiger partial charge in [-0.05, 0) is 18.6 Å². The Balaban J connectivity index is 0.00000128. The van der Waals surface area contributed by atoms with Crippen molar-refractivity contribution >= 4 is 46.5 Å². The van der Waals surface area contributed by atoms with Crippen LogP contribution in [0.5, 0.6) is 0 Å². The molecule has 8 heteroatoms. The highest BCUT2D eigenvalue weighted by molar-refractivity contribution is 8.01. The number of hydrogen-bond donors (Lipinski definition) is 2. The van der Waals surface area contributed by atoms with Gasteiger partial charge in [0, 0.05) is 0 Å². The van der Waals surface area contributed by atoms with Crippen molar-refractivity contribution in [2.24, 2.45) is 5.73 Å². The third kappa shape index (κ3) is 3.07. The minimum Gasteiger partial charge on any atom is -0.317 e. The maximum Gasteiger partial charge on any atom is 0.246 e. The molecule has 0 saturated heterocycles. The number of rotatable bonds is 4. The third-order valence-electron chi connectivity index (χ3n) is 2.14. The molecule has 1 heterocycles. The van der Waals surface area contributed by atoms with Crippen LogP contribution >= 0.6 is 35.5 Å². The first-order valence-corrected chi connectivity index (χ1v) is 6.51. The van der Waals surface area contributed by atoms with Crippen molar-refractivity contribution in [3.05, 3.63) is 0 Å². The number of hydrogen-bond acceptors (Lipinski definition) is 6. The molecule has 1 amide bonds. The van der Waals surface area contributed by atoms with E-state index in [1.54, 1.807) is 11.8 Å². The van der Waals surface area contributed by atoms with Crippen LogP contribution in [0.25, 0.3) is 0 Å². The first-order chi connectivity index (χ1) is 7.14. The van der Waals surface area contributed by atoms with E-state index < -0.39 is 5.54 Å². The molecule has 1 aliphatic rings. The Labute approximate surface area is 108 Å². The van der Waals surface area contributed by atoms with Crippen molar-refractivity contribution in [1.82, 2.24) is 10.2 Å². The Bertz CT molecular complexity index is 380. The lowest BCUT2D eigenvalue weighted by molar-refractivity contribution is -0.118. The van der Waals surface area contributed by atoms with Crippen LogP contribution in [0.2, 0.25) is 0 Å². The minimum atomic E-state index is -0.649. The lowest BCUT2D eigenvalue weighted by atomic mass is 10.3. The van der Waals surface area contributed by atoms with Gasteiger partial charge < -0.3 is 5.73 Å². The van der Waals surface area contributed by atoms with Crippen molar-refractivity contribution in [3.63, 3.8) is 0 Å².